The maximum Gasteiger partial charge on any atom is 0.259 e. The zero-order chi connectivity index (χ0) is 15.9. The molecule has 2 N–H and O–H groups in total. The predicted molar refractivity (Wildman–Crippen MR) is 83.7 cm³/mol. The number of pyridine rings is 1. The highest BCUT2D eigenvalue weighted by molar-refractivity contribution is 5.52. The van der Waals surface area contributed by atoms with Gasteiger partial charge in [0.1, 0.15) is 11.6 Å². The van der Waals surface area contributed by atoms with Crippen LogP contribution in [0.3, 0.4) is 0 Å². The molecule has 0 aromatic carbocycles. The van der Waals surface area contributed by atoms with Gasteiger partial charge < -0.3 is 10.3 Å². The molecular weight excluding hydrogens is 292 g/mol. The number of imidazole rings is 1. The molecule has 1 aliphatic carbocycles. The van der Waals surface area contributed by atoms with Gasteiger partial charge in [-0.25, -0.2) is 9.97 Å². The number of rotatable bonds is 3. The average Bonchev–Trinajstić information content (AvgIpc) is 3.28. The molecule has 118 valence electrons. The Bertz CT molecular complexity index is 813. The van der Waals surface area contributed by atoms with Crippen molar-refractivity contribution in [1.82, 2.24) is 24.7 Å². The van der Waals surface area contributed by atoms with Gasteiger partial charge in [0.05, 0.1) is 11.1 Å². The normalized spacial score (nSPS) is 16.8. The summed E-state index contributed by atoms with van der Waals surface area (Å²) in [7, 11) is 0. The van der Waals surface area contributed by atoms with Gasteiger partial charge in [-0.2, -0.15) is 4.98 Å². The summed E-state index contributed by atoms with van der Waals surface area (Å²) in [5, 5.41) is 4.08. The van der Waals surface area contributed by atoms with E-state index in [4.69, 9.17) is 10.3 Å². The second kappa shape index (κ2) is 5.27. The minimum atomic E-state index is -0.441. The van der Waals surface area contributed by atoms with E-state index in [1.54, 1.807) is 12.4 Å². The van der Waals surface area contributed by atoms with Crippen molar-refractivity contribution in [3.63, 3.8) is 0 Å². The Labute approximate surface area is 133 Å². The molecule has 3 heterocycles. The van der Waals surface area contributed by atoms with Crippen LogP contribution in [-0.2, 0) is 5.54 Å². The van der Waals surface area contributed by atoms with Crippen LogP contribution in [0, 0.1) is 6.92 Å². The Morgan fingerprint density at radius 1 is 1.22 bits per heavy atom. The number of nitrogens with two attached hydrogens (primary N) is 1. The molecule has 0 aliphatic heterocycles. The van der Waals surface area contributed by atoms with Crippen LogP contribution in [0.15, 0.2) is 35.2 Å². The minimum Gasteiger partial charge on any atom is -0.334 e. The van der Waals surface area contributed by atoms with Crippen LogP contribution in [0.25, 0.3) is 17.3 Å². The summed E-state index contributed by atoms with van der Waals surface area (Å²) in [5.41, 5.74) is 6.71. The van der Waals surface area contributed by atoms with E-state index in [0.717, 1.165) is 42.9 Å². The lowest BCUT2D eigenvalue weighted by Crippen LogP contribution is -2.34. The molecule has 0 radical (unpaired) electrons. The van der Waals surface area contributed by atoms with Gasteiger partial charge in [0.25, 0.3) is 5.89 Å². The molecule has 1 aliphatic rings. The number of hydrogen-bond acceptors (Lipinski definition) is 6. The molecule has 0 spiro atoms. The van der Waals surface area contributed by atoms with Crippen molar-refractivity contribution in [3.05, 3.63) is 42.4 Å². The summed E-state index contributed by atoms with van der Waals surface area (Å²) in [6, 6.07) is 3.82. The van der Waals surface area contributed by atoms with Crippen molar-refractivity contribution >= 4 is 0 Å². The first kappa shape index (κ1) is 14.1. The molecular formula is C16H18N6O. The number of aryl methyl sites for hydroxylation is 1. The minimum absolute atomic E-state index is 0.441. The Morgan fingerprint density at radius 3 is 2.70 bits per heavy atom. The van der Waals surface area contributed by atoms with Crippen molar-refractivity contribution in [2.75, 3.05) is 0 Å². The van der Waals surface area contributed by atoms with Gasteiger partial charge in [0, 0.05) is 18.6 Å². The van der Waals surface area contributed by atoms with Gasteiger partial charge in [0.2, 0.25) is 0 Å². The van der Waals surface area contributed by atoms with Crippen molar-refractivity contribution < 1.29 is 4.52 Å². The van der Waals surface area contributed by atoms with Crippen LogP contribution >= 0.6 is 0 Å². The molecule has 4 rings (SSSR count). The van der Waals surface area contributed by atoms with E-state index in [1.807, 2.05) is 29.8 Å². The molecule has 0 saturated heterocycles. The molecule has 23 heavy (non-hydrogen) atoms. The molecule has 0 bridgehead atoms. The van der Waals surface area contributed by atoms with E-state index in [0.29, 0.717) is 11.7 Å². The van der Waals surface area contributed by atoms with Gasteiger partial charge in [-0.05, 0) is 31.9 Å². The number of nitrogens with zero attached hydrogens (tertiary/aromatic N) is 5. The van der Waals surface area contributed by atoms with E-state index in [2.05, 4.69) is 20.1 Å². The van der Waals surface area contributed by atoms with E-state index in [-0.39, 0.29) is 0 Å². The van der Waals surface area contributed by atoms with Crippen LogP contribution in [0.1, 0.15) is 37.3 Å². The van der Waals surface area contributed by atoms with E-state index in [9.17, 15) is 0 Å². The van der Waals surface area contributed by atoms with Crippen LogP contribution in [0.2, 0.25) is 0 Å². The molecule has 0 amide bonds. The van der Waals surface area contributed by atoms with E-state index in [1.165, 1.54) is 0 Å². The monoisotopic (exact) mass is 310 g/mol. The SMILES string of the molecule is Cc1nccn1-c1ccc(-c2nc(C3(N)CCCC3)no2)cn1. The Morgan fingerprint density at radius 2 is 2.04 bits per heavy atom. The van der Waals surface area contributed by atoms with E-state index < -0.39 is 5.54 Å². The van der Waals surface area contributed by atoms with Crippen LogP contribution < -0.4 is 5.73 Å². The highest BCUT2D eigenvalue weighted by atomic mass is 16.5. The zero-order valence-corrected chi connectivity index (χ0v) is 12.9. The molecule has 3 aromatic heterocycles. The van der Waals surface area contributed by atoms with E-state index >= 15 is 0 Å². The largest absolute Gasteiger partial charge is 0.334 e. The average molecular weight is 310 g/mol. The highest BCUT2D eigenvalue weighted by Gasteiger charge is 2.36. The van der Waals surface area contributed by atoms with Crippen molar-refractivity contribution in [2.45, 2.75) is 38.1 Å². The topological polar surface area (TPSA) is 95.7 Å². The van der Waals surface area contributed by atoms with Crippen LogP contribution in [0.5, 0.6) is 0 Å². The molecule has 3 aromatic rings. The maximum atomic E-state index is 6.37. The fraction of sp³-hybridized carbons (Fsp3) is 0.375. The Balaban J connectivity index is 1.62. The van der Waals surface area contributed by atoms with Crippen LogP contribution in [-0.4, -0.2) is 24.7 Å². The van der Waals surface area contributed by atoms with Crippen molar-refractivity contribution in [1.29, 1.82) is 0 Å². The third kappa shape index (κ3) is 2.43. The fourth-order valence-electron chi connectivity index (χ4n) is 3.05. The smallest absolute Gasteiger partial charge is 0.259 e. The second-order valence-electron chi connectivity index (χ2n) is 6.04. The lowest BCUT2D eigenvalue weighted by atomic mass is 9.99. The highest BCUT2D eigenvalue weighted by Crippen LogP contribution is 2.35. The zero-order valence-electron chi connectivity index (χ0n) is 12.9. The van der Waals surface area contributed by atoms with Gasteiger partial charge in [-0.15, -0.1) is 0 Å². The standard InChI is InChI=1S/C16H18N6O/c1-11-18-8-9-22(11)13-5-4-12(10-19-13)14-20-15(21-23-14)16(17)6-2-3-7-16/h4-5,8-10H,2-3,6-7,17H2,1H3. The van der Waals surface area contributed by atoms with Gasteiger partial charge in [-0.3, -0.25) is 4.57 Å². The molecule has 7 heteroatoms. The van der Waals surface area contributed by atoms with Gasteiger partial charge in [0.15, 0.2) is 5.82 Å². The number of hydrogen-bond donors (Lipinski definition) is 1. The summed E-state index contributed by atoms with van der Waals surface area (Å²) in [6.07, 6.45) is 9.38. The fourth-order valence-corrected chi connectivity index (χ4v) is 3.05. The second-order valence-corrected chi connectivity index (χ2v) is 6.04. The molecule has 0 unspecified atom stereocenters. The lowest BCUT2D eigenvalue weighted by Gasteiger charge is -2.17. The van der Waals surface area contributed by atoms with Crippen LogP contribution in [0.4, 0.5) is 0 Å². The summed E-state index contributed by atoms with van der Waals surface area (Å²) in [4.78, 5) is 13.1. The first-order chi connectivity index (χ1) is 11.2. The van der Waals surface area contributed by atoms with Gasteiger partial charge >= 0.3 is 0 Å². The lowest BCUT2D eigenvalue weighted by molar-refractivity contribution is 0.372. The van der Waals surface area contributed by atoms with Crippen molar-refractivity contribution in [2.24, 2.45) is 5.73 Å². The Kier molecular flexibility index (Phi) is 3.23. The Hall–Kier alpha value is -2.54. The summed E-state index contributed by atoms with van der Waals surface area (Å²) in [5.74, 6) is 2.74. The van der Waals surface area contributed by atoms with Crippen molar-refractivity contribution in [3.8, 4) is 17.3 Å². The summed E-state index contributed by atoms with van der Waals surface area (Å²) >= 11 is 0. The summed E-state index contributed by atoms with van der Waals surface area (Å²) in [6.45, 7) is 1.93. The third-order valence-corrected chi connectivity index (χ3v) is 4.43. The third-order valence-electron chi connectivity index (χ3n) is 4.43. The van der Waals surface area contributed by atoms with Gasteiger partial charge in [-0.1, -0.05) is 18.0 Å². The first-order valence-electron chi connectivity index (χ1n) is 7.76. The maximum absolute atomic E-state index is 6.37. The summed E-state index contributed by atoms with van der Waals surface area (Å²) < 4.78 is 7.30. The number of aromatic nitrogens is 5. The molecule has 1 saturated carbocycles. The first-order valence-corrected chi connectivity index (χ1v) is 7.76. The quantitative estimate of drug-likeness (QED) is 0.797. The predicted octanol–water partition coefficient (Wildman–Crippen LogP) is 2.35. The molecule has 1 fully saturated rings. The molecule has 7 nitrogen and oxygen atoms in total. The molecule has 0 atom stereocenters.